The quantitative estimate of drug-likeness (QED) is 0.413. The molecule has 0 saturated carbocycles. The zero-order valence-corrected chi connectivity index (χ0v) is 13.2. The molecule has 0 aliphatic carbocycles. The van der Waals surface area contributed by atoms with Crippen molar-refractivity contribution in [2.24, 2.45) is 0 Å². The van der Waals surface area contributed by atoms with Gasteiger partial charge in [-0.1, -0.05) is 5.56 Å². The molecule has 0 fully saturated rings. The topological polar surface area (TPSA) is 50.4 Å². The zero-order chi connectivity index (χ0) is 15.4. The van der Waals surface area contributed by atoms with Gasteiger partial charge >= 0.3 is 0 Å². The van der Waals surface area contributed by atoms with Gasteiger partial charge < -0.3 is 44.7 Å². The molecule has 4 heteroatoms. The Morgan fingerprint density at radius 3 is 2.17 bits per heavy atom. The Balaban J connectivity index is 0.000000276. The van der Waals surface area contributed by atoms with E-state index in [4.69, 9.17) is 4.42 Å². The van der Waals surface area contributed by atoms with Crippen LogP contribution in [0.25, 0.3) is 22.3 Å². The fourth-order valence-electron chi connectivity index (χ4n) is 2.15. The summed E-state index contributed by atoms with van der Waals surface area (Å²) in [5, 5.41) is 9.72. The molecule has 1 aromatic heterocycles. The summed E-state index contributed by atoms with van der Waals surface area (Å²) >= 11 is 0. The van der Waals surface area contributed by atoms with E-state index in [2.05, 4.69) is 0 Å². The molecule has 0 unspecified atom stereocenters. The summed E-state index contributed by atoms with van der Waals surface area (Å²) in [6.07, 6.45) is 0. The molecule has 0 aliphatic rings. The Labute approximate surface area is 144 Å². The predicted octanol–water partition coefficient (Wildman–Crippen LogP) is 4.29. The molecule has 3 aromatic carbocycles. The van der Waals surface area contributed by atoms with E-state index in [0.29, 0.717) is 16.7 Å². The molecule has 0 saturated heterocycles. The normalized spacial score (nSPS) is 9.74. The molecule has 1 N–H and O–H groups in total. The van der Waals surface area contributed by atoms with Gasteiger partial charge in [0.05, 0.1) is 11.1 Å². The number of rotatable bonds is 1. The van der Waals surface area contributed by atoms with Crippen molar-refractivity contribution in [2.75, 3.05) is 0 Å². The van der Waals surface area contributed by atoms with E-state index in [-0.39, 0.29) is 28.2 Å². The molecule has 3 nitrogen and oxygen atoms in total. The Kier molecular flexibility index (Phi) is 5.58. The maximum absolute atomic E-state index is 11.9. The third-order valence-electron chi connectivity index (χ3n) is 3.21. The molecule has 1 heterocycles. The van der Waals surface area contributed by atoms with Crippen LogP contribution in [0.5, 0.6) is 5.75 Å². The van der Waals surface area contributed by atoms with Crippen molar-refractivity contribution in [3.05, 3.63) is 89.1 Å². The second kappa shape index (κ2) is 7.63. The Morgan fingerprint density at radius 1 is 0.957 bits per heavy atom. The number of benzene rings is 1. The summed E-state index contributed by atoms with van der Waals surface area (Å²) in [7, 11) is 0. The molecule has 0 atom stereocenters. The minimum Gasteiger partial charge on any atom is -0.748 e. The predicted molar refractivity (Wildman–Crippen MR) is 87.2 cm³/mol. The molecular weight excluding hydrogens is 332 g/mol. The third kappa shape index (κ3) is 4.01. The van der Waals surface area contributed by atoms with Gasteiger partial charge in [-0.15, -0.1) is 12.1 Å². The average Bonchev–Trinajstić information content (AvgIpc) is 3.24. The van der Waals surface area contributed by atoms with E-state index in [9.17, 15) is 9.90 Å². The first-order chi connectivity index (χ1) is 10.7. The van der Waals surface area contributed by atoms with Crippen molar-refractivity contribution in [3.8, 4) is 17.1 Å². The van der Waals surface area contributed by atoms with Crippen LogP contribution >= 0.6 is 0 Å². The van der Waals surface area contributed by atoms with Crippen molar-refractivity contribution in [2.45, 2.75) is 0 Å². The molecular formula is C19H14FeO3-6. The number of hydrogen-bond acceptors (Lipinski definition) is 3. The minimum atomic E-state index is -0.154. The van der Waals surface area contributed by atoms with E-state index in [1.165, 1.54) is 18.2 Å². The molecule has 122 valence electrons. The summed E-state index contributed by atoms with van der Waals surface area (Å²) in [6.45, 7) is 0. The van der Waals surface area contributed by atoms with Crippen LogP contribution in [0.4, 0.5) is 0 Å². The summed E-state index contributed by atoms with van der Waals surface area (Å²) < 4.78 is 5.63. The summed E-state index contributed by atoms with van der Waals surface area (Å²) in [5.41, 5.74) is 1.20. The Morgan fingerprint density at radius 2 is 1.57 bits per heavy atom. The molecule has 0 spiro atoms. The molecule has 0 radical (unpaired) electrons. The summed E-state index contributed by atoms with van der Waals surface area (Å²) in [4.78, 5) is 11.9. The van der Waals surface area contributed by atoms with Crippen LogP contribution in [-0.4, -0.2) is 5.11 Å². The van der Waals surface area contributed by atoms with Crippen LogP contribution in [-0.2, 0) is 17.1 Å². The Hall–Kier alpha value is -2.55. The largest absolute Gasteiger partial charge is 0.748 e. The molecule has 0 aliphatic heterocycles. The van der Waals surface area contributed by atoms with Crippen molar-refractivity contribution < 1.29 is 26.6 Å². The maximum Gasteiger partial charge on any atom is 0.153 e. The van der Waals surface area contributed by atoms with Crippen LogP contribution in [0.3, 0.4) is 0 Å². The van der Waals surface area contributed by atoms with Gasteiger partial charge in [0.25, 0.3) is 0 Å². The van der Waals surface area contributed by atoms with Gasteiger partial charge in [0, 0.05) is 17.1 Å². The van der Waals surface area contributed by atoms with E-state index < -0.39 is 0 Å². The minimum absolute atomic E-state index is 0. The number of fused-ring (bicyclic) bond motifs is 1. The monoisotopic (exact) mass is 346 g/mol. The first kappa shape index (κ1) is 16.8. The number of phenols is 1. The molecule has 0 bridgehead atoms. The number of hydrogen-bond donors (Lipinski definition) is 1. The fourth-order valence-corrected chi connectivity index (χ4v) is 2.15. The first-order valence-corrected chi connectivity index (χ1v) is 6.90. The smallest absolute Gasteiger partial charge is 0.153 e. The van der Waals surface area contributed by atoms with Crippen LogP contribution in [0.15, 0.2) is 88.1 Å². The van der Waals surface area contributed by atoms with E-state index >= 15 is 0 Å². The second-order valence-electron chi connectivity index (χ2n) is 4.79. The maximum atomic E-state index is 11.9. The number of phenolic OH excluding ortho intramolecular Hbond substituents is 1. The fraction of sp³-hybridized carbons (Fsp3) is 0. The number of aromatic hydroxyl groups is 1. The van der Waals surface area contributed by atoms with Gasteiger partial charge in [0.1, 0.15) is 11.3 Å². The molecule has 4 rings (SSSR count). The second-order valence-corrected chi connectivity index (χ2v) is 4.79. The van der Waals surface area contributed by atoms with Crippen LogP contribution < -0.4 is 5.43 Å². The standard InChI is InChI=1S/C14H9O3.C5H5.Fe/c15-10-5-6-13-11(7-10)12(16)8-14(17-13)9-3-1-2-4-9;1-2-4-5-3-1;/h1-8,15H;1-5H;/q-1;-5;. The van der Waals surface area contributed by atoms with E-state index in [1.54, 1.807) is 6.07 Å². The van der Waals surface area contributed by atoms with Crippen molar-refractivity contribution in [1.29, 1.82) is 0 Å². The molecule has 0 amide bonds. The van der Waals surface area contributed by atoms with Crippen LogP contribution in [0.2, 0.25) is 0 Å². The van der Waals surface area contributed by atoms with Crippen LogP contribution in [0.1, 0.15) is 0 Å². The van der Waals surface area contributed by atoms with Crippen molar-refractivity contribution in [1.82, 2.24) is 0 Å². The van der Waals surface area contributed by atoms with Gasteiger partial charge in [-0.05, 0) is 24.3 Å². The third-order valence-corrected chi connectivity index (χ3v) is 3.21. The van der Waals surface area contributed by atoms with E-state index in [1.807, 2.05) is 54.6 Å². The summed E-state index contributed by atoms with van der Waals surface area (Å²) in [5.74, 6) is 0.601. The zero-order valence-electron chi connectivity index (χ0n) is 12.1. The van der Waals surface area contributed by atoms with Gasteiger partial charge in [-0.2, -0.15) is 12.1 Å². The molecule has 4 aromatic rings. The summed E-state index contributed by atoms with van der Waals surface area (Å²) in [6, 6.07) is 23.5. The van der Waals surface area contributed by atoms with Gasteiger partial charge in [-0.25, -0.2) is 0 Å². The van der Waals surface area contributed by atoms with Gasteiger partial charge in [0.2, 0.25) is 0 Å². The van der Waals surface area contributed by atoms with Crippen molar-refractivity contribution in [3.63, 3.8) is 0 Å². The van der Waals surface area contributed by atoms with Gasteiger partial charge in [0.15, 0.2) is 5.43 Å². The van der Waals surface area contributed by atoms with Gasteiger partial charge in [-0.3, -0.25) is 0 Å². The van der Waals surface area contributed by atoms with E-state index in [0.717, 1.165) is 5.56 Å². The molecule has 23 heavy (non-hydrogen) atoms. The Bertz CT molecular complexity index is 886. The van der Waals surface area contributed by atoms with Crippen LogP contribution in [0, 0.1) is 0 Å². The SMILES string of the molecule is O=c1cc(-[c-]2cccc2)oc2ccc(O)cc12.[Fe].[cH-]1[cH-][cH-][cH-][cH-]1. The average molecular weight is 346 g/mol. The van der Waals surface area contributed by atoms with Crippen molar-refractivity contribution >= 4 is 11.0 Å². The first-order valence-electron chi connectivity index (χ1n) is 6.90.